The second-order valence-electron chi connectivity index (χ2n) is 4.24. The molecule has 9 heteroatoms. The van der Waals surface area contributed by atoms with E-state index in [1.807, 2.05) is 11.4 Å². The molecule has 0 bridgehead atoms. The van der Waals surface area contributed by atoms with E-state index in [4.69, 9.17) is 5.11 Å². The molecule has 1 atom stereocenters. The molecule has 0 saturated carbocycles. The van der Waals surface area contributed by atoms with E-state index in [1.165, 1.54) is 16.2 Å². The Hall–Kier alpha value is -1.45. The van der Waals surface area contributed by atoms with Gasteiger partial charge in [-0.25, -0.2) is 18.1 Å². The average Bonchev–Trinajstić information content (AvgIpc) is 2.82. The lowest BCUT2D eigenvalue weighted by Crippen LogP contribution is -2.47. The molecule has 7 nitrogen and oxygen atoms in total. The fourth-order valence-electron chi connectivity index (χ4n) is 1.76. The number of hydrogen-bond acceptors (Lipinski definition) is 6. The maximum absolute atomic E-state index is 11.5. The van der Waals surface area contributed by atoms with Crippen molar-refractivity contribution in [2.24, 2.45) is 4.99 Å². The number of aliphatic carboxylic acids is 1. The second-order valence-corrected chi connectivity index (χ2v) is 7.23. The van der Waals surface area contributed by atoms with Crippen molar-refractivity contribution in [2.45, 2.75) is 13.1 Å². The van der Waals surface area contributed by atoms with Crippen molar-refractivity contribution >= 4 is 33.5 Å². The molecule has 20 heavy (non-hydrogen) atoms. The lowest BCUT2D eigenvalue weighted by Gasteiger charge is -2.27. The van der Waals surface area contributed by atoms with E-state index in [2.05, 4.69) is 9.71 Å². The van der Waals surface area contributed by atoms with Gasteiger partial charge in [-0.1, -0.05) is 0 Å². The number of nitrogens with zero attached hydrogens (tertiary/aromatic N) is 2. The number of nitrogens with one attached hydrogen (secondary N) is 1. The van der Waals surface area contributed by atoms with Gasteiger partial charge in [0.25, 0.3) is 0 Å². The molecular weight excluding hydrogens is 302 g/mol. The number of rotatable bonds is 6. The molecule has 2 rings (SSSR count). The van der Waals surface area contributed by atoms with Crippen LogP contribution in [0.1, 0.15) is 6.92 Å². The van der Waals surface area contributed by atoms with Crippen LogP contribution in [0.5, 0.6) is 0 Å². The number of hydrogen-bond donors (Lipinski definition) is 2. The van der Waals surface area contributed by atoms with Crippen LogP contribution in [0.15, 0.2) is 16.4 Å². The maximum Gasteiger partial charge on any atom is 0.323 e. The Morgan fingerprint density at radius 2 is 2.35 bits per heavy atom. The molecule has 2 heterocycles. The van der Waals surface area contributed by atoms with Crippen LogP contribution in [0.2, 0.25) is 0 Å². The topological polar surface area (TPSA) is 99.1 Å². The lowest BCUT2D eigenvalue weighted by molar-refractivity contribution is -0.137. The van der Waals surface area contributed by atoms with Crippen LogP contribution in [0, 0.1) is 0 Å². The van der Waals surface area contributed by atoms with Crippen LogP contribution < -0.4 is 14.6 Å². The Labute approximate surface area is 120 Å². The normalized spacial score (nSPS) is 18.1. The third kappa shape index (κ3) is 3.56. The Bertz CT molecular complexity index is 710. The largest absolute Gasteiger partial charge is 0.480 e. The molecule has 0 aliphatic carbocycles. The number of sulfonamides is 1. The average molecular weight is 317 g/mol. The first-order valence-electron chi connectivity index (χ1n) is 5.99. The fourth-order valence-corrected chi connectivity index (χ4v) is 3.15. The molecule has 0 fully saturated rings. The van der Waals surface area contributed by atoms with Gasteiger partial charge in [-0.15, -0.1) is 11.3 Å². The first-order valence-corrected chi connectivity index (χ1v) is 8.52. The van der Waals surface area contributed by atoms with Crippen molar-refractivity contribution in [3.63, 3.8) is 0 Å². The quantitative estimate of drug-likeness (QED) is 0.684. The predicted octanol–water partition coefficient (Wildman–Crippen LogP) is -1.23. The summed E-state index contributed by atoms with van der Waals surface area (Å²) < 4.78 is 26.2. The lowest BCUT2D eigenvalue weighted by atomic mass is 10.3. The Balaban J connectivity index is 2.22. The molecule has 1 aliphatic rings. The summed E-state index contributed by atoms with van der Waals surface area (Å²) >= 11 is 1.44. The van der Waals surface area contributed by atoms with Gasteiger partial charge in [0.05, 0.1) is 12.3 Å². The van der Waals surface area contributed by atoms with Crippen molar-refractivity contribution in [3.8, 4) is 0 Å². The summed E-state index contributed by atoms with van der Waals surface area (Å²) in [5, 5.41) is 11.6. The molecule has 0 saturated heterocycles. The summed E-state index contributed by atoms with van der Waals surface area (Å²) in [6, 6.07) is 1.85. The van der Waals surface area contributed by atoms with Crippen molar-refractivity contribution in [3.05, 3.63) is 21.3 Å². The van der Waals surface area contributed by atoms with Crippen molar-refractivity contribution < 1.29 is 18.3 Å². The number of carbonyl (C=O) groups is 1. The molecule has 1 aromatic rings. The molecule has 0 spiro atoms. The van der Waals surface area contributed by atoms with Gasteiger partial charge in [-0.2, -0.15) is 0 Å². The standard InChI is InChI=1S/C11H15N3O4S2/c1-2-20(17,18)12-5-9-13-11-8(3-4-19-11)6-14(9)7-10(15)16/h3-4,6,9,12H,2,5,7H2,1H3,(H,15,16). The van der Waals surface area contributed by atoms with Gasteiger partial charge in [0.2, 0.25) is 10.0 Å². The molecule has 1 aliphatic heterocycles. The van der Waals surface area contributed by atoms with Crippen molar-refractivity contribution in [2.75, 3.05) is 18.8 Å². The zero-order valence-electron chi connectivity index (χ0n) is 10.8. The van der Waals surface area contributed by atoms with E-state index in [-0.39, 0.29) is 18.8 Å². The van der Waals surface area contributed by atoms with E-state index < -0.39 is 22.2 Å². The van der Waals surface area contributed by atoms with Crippen LogP contribution in [0.4, 0.5) is 0 Å². The summed E-state index contributed by atoms with van der Waals surface area (Å²) in [5.41, 5.74) is 0. The summed E-state index contributed by atoms with van der Waals surface area (Å²) in [5.74, 6) is -1.01. The van der Waals surface area contributed by atoms with Gasteiger partial charge in [-0.05, 0) is 18.4 Å². The predicted molar refractivity (Wildman–Crippen MR) is 75.2 cm³/mol. The van der Waals surface area contributed by atoms with E-state index in [0.29, 0.717) is 0 Å². The zero-order valence-corrected chi connectivity index (χ0v) is 12.4. The maximum atomic E-state index is 11.5. The number of carboxylic acids is 1. The molecule has 1 unspecified atom stereocenters. The van der Waals surface area contributed by atoms with Gasteiger partial charge in [0.15, 0.2) is 0 Å². The highest BCUT2D eigenvalue weighted by Crippen LogP contribution is 2.05. The molecule has 0 amide bonds. The fraction of sp³-hybridized carbons (Fsp3) is 0.455. The summed E-state index contributed by atoms with van der Waals surface area (Å²) in [6.45, 7) is 1.37. The molecule has 110 valence electrons. The number of thiophene rings is 1. The first kappa shape index (κ1) is 14.9. The van der Waals surface area contributed by atoms with Crippen LogP contribution in [-0.4, -0.2) is 49.4 Å². The van der Waals surface area contributed by atoms with E-state index in [0.717, 1.165) is 9.89 Å². The van der Waals surface area contributed by atoms with Crippen molar-refractivity contribution in [1.29, 1.82) is 0 Å². The molecular formula is C11H15N3O4S2. The summed E-state index contributed by atoms with van der Waals surface area (Å²) in [4.78, 5) is 16.8. The van der Waals surface area contributed by atoms with Gasteiger partial charge in [0, 0.05) is 11.4 Å². The Morgan fingerprint density at radius 3 is 3.00 bits per heavy atom. The van der Waals surface area contributed by atoms with Crippen LogP contribution >= 0.6 is 11.3 Å². The second kappa shape index (κ2) is 5.90. The molecule has 0 radical (unpaired) electrons. The summed E-state index contributed by atoms with van der Waals surface area (Å²) in [6.07, 6.45) is 1.16. The van der Waals surface area contributed by atoms with Crippen LogP contribution in [0.25, 0.3) is 6.20 Å². The zero-order chi connectivity index (χ0) is 14.8. The van der Waals surface area contributed by atoms with Crippen LogP contribution in [-0.2, 0) is 14.8 Å². The minimum atomic E-state index is -3.33. The monoisotopic (exact) mass is 317 g/mol. The van der Waals surface area contributed by atoms with Crippen molar-refractivity contribution in [1.82, 2.24) is 9.62 Å². The number of fused-ring (bicyclic) bond motifs is 1. The van der Waals surface area contributed by atoms with E-state index in [1.54, 1.807) is 13.1 Å². The molecule has 0 aromatic carbocycles. The van der Waals surface area contributed by atoms with Gasteiger partial charge in [-0.3, -0.25) is 4.79 Å². The highest BCUT2D eigenvalue weighted by molar-refractivity contribution is 7.89. The summed E-state index contributed by atoms with van der Waals surface area (Å²) in [7, 11) is -3.33. The molecule has 2 N–H and O–H groups in total. The SMILES string of the molecule is CCS(=O)(=O)NCC1N=c2sccc2=CN1CC(=O)O. The minimum absolute atomic E-state index is 0.0212. The van der Waals surface area contributed by atoms with Gasteiger partial charge < -0.3 is 10.0 Å². The highest BCUT2D eigenvalue weighted by atomic mass is 32.2. The van der Waals surface area contributed by atoms with E-state index in [9.17, 15) is 13.2 Å². The van der Waals surface area contributed by atoms with Gasteiger partial charge in [0.1, 0.15) is 17.4 Å². The van der Waals surface area contributed by atoms with E-state index >= 15 is 0 Å². The first-order chi connectivity index (χ1) is 9.41. The highest BCUT2D eigenvalue weighted by Gasteiger charge is 2.21. The van der Waals surface area contributed by atoms with Crippen LogP contribution in [0.3, 0.4) is 0 Å². The minimum Gasteiger partial charge on any atom is -0.480 e. The van der Waals surface area contributed by atoms with Gasteiger partial charge >= 0.3 is 5.97 Å². The smallest absolute Gasteiger partial charge is 0.323 e. The third-order valence-corrected chi connectivity index (χ3v) is 5.02. The number of carboxylic acid groups (broad SMARTS) is 1. The third-order valence-electron chi connectivity index (χ3n) is 2.81. The molecule has 1 aromatic heterocycles. The Kier molecular flexibility index (Phi) is 4.41. The Morgan fingerprint density at radius 1 is 1.60 bits per heavy atom.